The predicted octanol–water partition coefficient (Wildman–Crippen LogP) is 0.969. The maximum Gasteiger partial charge on any atom is 0.274 e. The number of benzene rings is 1. The third-order valence-corrected chi connectivity index (χ3v) is 4.89. The van der Waals surface area contributed by atoms with Gasteiger partial charge in [-0.15, -0.1) is 0 Å². The molecule has 1 aliphatic rings. The molecule has 1 aliphatic heterocycles. The fourth-order valence-corrected chi connectivity index (χ4v) is 3.05. The summed E-state index contributed by atoms with van der Waals surface area (Å²) in [5.41, 5.74) is 0.729. The second kappa shape index (κ2) is 7.16. The zero-order valence-corrected chi connectivity index (χ0v) is 14.5. The van der Waals surface area contributed by atoms with E-state index in [4.69, 9.17) is 4.74 Å². The molecule has 1 aromatic carbocycles. The smallest absolute Gasteiger partial charge is 0.274 e. The normalized spacial score (nSPS) is 15.0. The van der Waals surface area contributed by atoms with Crippen LogP contribution in [0.3, 0.4) is 0 Å². The molecule has 1 aromatic heterocycles. The summed E-state index contributed by atoms with van der Waals surface area (Å²) in [6.07, 6.45) is 2.49. The third-order valence-electron chi connectivity index (χ3n) is 3.76. The van der Waals surface area contributed by atoms with Crippen LogP contribution in [0.4, 0.5) is 11.5 Å². The van der Waals surface area contributed by atoms with E-state index in [9.17, 15) is 13.2 Å². The minimum atomic E-state index is -3.27. The molecule has 0 atom stereocenters. The first-order valence-corrected chi connectivity index (χ1v) is 9.59. The molecule has 1 fully saturated rings. The van der Waals surface area contributed by atoms with Crippen molar-refractivity contribution in [2.24, 2.45) is 0 Å². The van der Waals surface area contributed by atoms with E-state index in [1.54, 1.807) is 18.2 Å². The number of ether oxygens (including phenoxy) is 1. The van der Waals surface area contributed by atoms with Crippen LogP contribution in [0.15, 0.2) is 41.6 Å². The van der Waals surface area contributed by atoms with Gasteiger partial charge in [-0.05, 0) is 24.3 Å². The van der Waals surface area contributed by atoms with Crippen LogP contribution >= 0.6 is 0 Å². The lowest BCUT2D eigenvalue weighted by Crippen LogP contribution is -2.37. The van der Waals surface area contributed by atoms with Crippen molar-refractivity contribution in [3.8, 4) is 0 Å². The van der Waals surface area contributed by atoms with Crippen molar-refractivity contribution in [3.63, 3.8) is 0 Å². The van der Waals surface area contributed by atoms with E-state index in [0.29, 0.717) is 37.8 Å². The molecule has 2 heterocycles. The number of sulfone groups is 1. The number of aromatic nitrogens is 2. The van der Waals surface area contributed by atoms with E-state index in [1.165, 1.54) is 18.5 Å². The van der Waals surface area contributed by atoms with Gasteiger partial charge in [-0.3, -0.25) is 4.79 Å². The highest BCUT2D eigenvalue weighted by molar-refractivity contribution is 7.90. The minimum absolute atomic E-state index is 0.196. The number of hydrogen-bond acceptors (Lipinski definition) is 7. The number of carbonyl (C=O) groups is 1. The van der Waals surface area contributed by atoms with Gasteiger partial charge < -0.3 is 15.0 Å². The summed E-state index contributed by atoms with van der Waals surface area (Å²) in [7, 11) is -3.27. The van der Waals surface area contributed by atoms with Gasteiger partial charge in [0.25, 0.3) is 5.91 Å². The number of anilines is 2. The van der Waals surface area contributed by atoms with Gasteiger partial charge >= 0.3 is 0 Å². The summed E-state index contributed by atoms with van der Waals surface area (Å²) in [5.74, 6) is 0.292. The summed E-state index contributed by atoms with van der Waals surface area (Å²) in [6, 6.07) is 7.61. The highest BCUT2D eigenvalue weighted by Crippen LogP contribution is 2.16. The highest BCUT2D eigenvalue weighted by Gasteiger charge is 2.16. The Morgan fingerprint density at radius 2 is 1.84 bits per heavy atom. The fraction of sp³-hybridized carbons (Fsp3) is 0.312. The SMILES string of the molecule is CS(=O)(=O)c1ccc(NC(=O)c2cc(N3CCOCC3)ncn2)cc1. The summed E-state index contributed by atoms with van der Waals surface area (Å²) >= 11 is 0. The number of morpholine rings is 1. The van der Waals surface area contributed by atoms with Gasteiger partial charge in [-0.2, -0.15) is 0 Å². The van der Waals surface area contributed by atoms with E-state index in [-0.39, 0.29) is 16.5 Å². The topological polar surface area (TPSA) is 101 Å². The maximum absolute atomic E-state index is 12.4. The standard InChI is InChI=1S/C16H18N4O4S/c1-25(22,23)13-4-2-12(3-5-13)19-16(21)14-10-15(18-11-17-14)20-6-8-24-9-7-20/h2-5,10-11H,6-9H2,1H3,(H,19,21). The van der Waals surface area contributed by atoms with E-state index >= 15 is 0 Å². The molecule has 9 heteroatoms. The molecule has 0 unspecified atom stereocenters. The Morgan fingerprint density at radius 3 is 2.48 bits per heavy atom. The van der Waals surface area contributed by atoms with E-state index in [2.05, 4.69) is 15.3 Å². The molecule has 0 saturated carbocycles. The molecular weight excluding hydrogens is 344 g/mol. The van der Waals surface area contributed by atoms with Crippen LogP contribution in [-0.2, 0) is 14.6 Å². The molecule has 1 amide bonds. The fourth-order valence-electron chi connectivity index (χ4n) is 2.42. The molecule has 132 valence electrons. The van der Waals surface area contributed by atoms with Gasteiger partial charge in [0.15, 0.2) is 9.84 Å². The molecule has 3 rings (SSSR count). The zero-order valence-electron chi connectivity index (χ0n) is 13.7. The third kappa shape index (κ3) is 4.31. The Morgan fingerprint density at radius 1 is 1.16 bits per heavy atom. The Bertz CT molecular complexity index is 862. The van der Waals surface area contributed by atoms with Crippen molar-refractivity contribution in [1.29, 1.82) is 0 Å². The van der Waals surface area contributed by atoms with Crippen molar-refractivity contribution >= 4 is 27.2 Å². The van der Waals surface area contributed by atoms with Gasteiger partial charge in [0, 0.05) is 31.1 Å². The van der Waals surface area contributed by atoms with Crippen LogP contribution in [0.25, 0.3) is 0 Å². The van der Waals surface area contributed by atoms with Crippen molar-refractivity contribution in [2.75, 3.05) is 42.8 Å². The Balaban J connectivity index is 1.72. The Labute approximate surface area is 145 Å². The van der Waals surface area contributed by atoms with Crippen molar-refractivity contribution in [3.05, 3.63) is 42.4 Å². The van der Waals surface area contributed by atoms with Gasteiger partial charge in [0.1, 0.15) is 17.8 Å². The van der Waals surface area contributed by atoms with Crippen LogP contribution in [0.5, 0.6) is 0 Å². The largest absolute Gasteiger partial charge is 0.378 e. The van der Waals surface area contributed by atoms with Gasteiger partial charge in [0.2, 0.25) is 0 Å². The summed E-state index contributed by atoms with van der Waals surface area (Å²) in [6.45, 7) is 2.67. The number of hydrogen-bond donors (Lipinski definition) is 1. The lowest BCUT2D eigenvalue weighted by Gasteiger charge is -2.27. The second-order valence-corrected chi connectivity index (χ2v) is 7.63. The van der Waals surface area contributed by atoms with Gasteiger partial charge in [-0.25, -0.2) is 18.4 Å². The molecule has 0 spiro atoms. The highest BCUT2D eigenvalue weighted by atomic mass is 32.2. The van der Waals surface area contributed by atoms with Crippen molar-refractivity contribution in [2.45, 2.75) is 4.90 Å². The summed E-state index contributed by atoms with van der Waals surface area (Å²) in [4.78, 5) is 22.8. The number of nitrogens with zero attached hydrogens (tertiary/aromatic N) is 3. The van der Waals surface area contributed by atoms with Crippen LogP contribution in [0, 0.1) is 0 Å². The minimum Gasteiger partial charge on any atom is -0.378 e. The summed E-state index contributed by atoms with van der Waals surface area (Å²) < 4.78 is 28.2. The number of rotatable bonds is 4. The number of nitrogens with one attached hydrogen (secondary N) is 1. The molecule has 0 radical (unpaired) electrons. The van der Waals surface area contributed by atoms with Gasteiger partial charge in [-0.1, -0.05) is 0 Å². The van der Waals surface area contributed by atoms with E-state index in [1.807, 2.05) is 4.90 Å². The molecule has 0 bridgehead atoms. The summed E-state index contributed by atoms with van der Waals surface area (Å²) in [5, 5.41) is 2.70. The lowest BCUT2D eigenvalue weighted by molar-refractivity contribution is 0.102. The molecular formula is C16H18N4O4S. The Hall–Kier alpha value is -2.52. The first-order valence-electron chi connectivity index (χ1n) is 7.70. The van der Waals surface area contributed by atoms with E-state index < -0.39 is 9.84 Å². The monoisotopic (exact) mass is 362 g/mol. The van der Waals surface area contributed by atoms with Crippen LogP contribution in [-0.4, -0.2) is 56.9 Å². The van der Waals surface area contributed by atoms with E-state index in [0.717, 1.165) is 6.26 Å². The first kappa shape index (κ1) is 17.3. The molecule has 1 N–H and O–H groups in total. The van der Waals surface area contributed by atoms with Crippen LogP contribution in [0.2, 0.25) is 0 Å². The Kier molecular flexibility index (Phi) is 4.95. The molecule has 0 aliphatic carbocycles. The first-order chi connectivity index (χ1) is 11.9. The lowest BCUT2D eigenvalue weighted by atomic mass is 10.3. The number of amides is 1. The van der Waals surface area contributed by atoms with Crippen LogP contribution in [0.1, 0.15) is 10.5 Å². The van der Waals surface area contributed by atoms with Crippen molar-refractivity contribution < 1.29 is 17.9 Å². The molecule has 25 heavy (non-hydrogen) atoms. The number of carbonyl (C=O) groups excluding carboxylic acids is 1. The zero-order chi connectivity index (χ0) is 17.9. The molecule has 2 aromatic rings. The molecule has 1 saturated heterocycles. The average Bonchev–Trinajstić information content (AvgIpc) is 2.62. The van der Waals surface area contributed by atoms with Crippen LogP contribution < -0.4 is 10.2 Å². The second-order valence-electron chi connectivity index (χ2n) is 5.61. The quantitative estimate of drug-likeness (QED) is 0.865. The molecule has 8 nitrogen and oxygen atoms in total. The predicted molar refractivity (Wildman–Crippen MR) is 92.6 cm³/mol. The van der Waals surface area contributed by atoms with Gasteiger partial charge in [0.05, 0.1) is 18.1 Å². The average molecular weight is 362 g/mol. The maximum atomic E-state index is 12.4. The van der Waals surface area contributed by atoms with Crippen molar-refractivity contribution in [1.82, 2.24) is 9.97 Å².